The molecule has 0 aliphatic heterocycles. The average molecular weight is 463 g/mol. The number of anilines is 4. The summed E-state index contributed by atoms with van der Waals surface area (Å²) in [5, 5.41) is 0. The molecule has 4 rings (SSSR count). The van der Waals surface area contributed by atoms with E-state index in [1.165, 1.54) is 22.7 Å². The second-order valence-electron chi connectivity index (χ2n) is 8.52. The van der Waals surface area contributed by atoms with Crippen molar-refractivity contribution in [3.05, 3.63) is 132 Å². The van der Waals surface area contributed by atoms with Gasteiger partial charge in [-0.2, -0.15) is 0 Å². The lowest BCUT2D eigenvalue weighted by molar-refractivity contribution is -0.113. The fourth-order valence-corrected chi connectivity index (χ4v) is 3.55. The van der Waals surface area contributed by atoms with E-state index in [4.69, 9.17) is 0 Å². The second kappa shape index (κ2) is 13.0. The maximum atomic E-state index is 10.5. The molecule has 4 aromatic carbocycles. The summed E-state index contributed by atoms with van der Waals surface area (Å²) in [6.45, 7) is 8.02. The Kier molecular flexibility index (Phi) is 9.44. The first-order valence-corrected chi connectivity index (χ1v) is 11.9. The van der Waals surface area contributed by atoms with Crippen LogP contribution in [0.3, 0.4) is 0 Å². The number of allylic oxidation sites excluding steroid dienone is 2. The number of ketones is 1. The van der Waals surface area contributed by atoms with Crippen molar-refractivity contribution in [1.82, 2.24) is 0 Å². The number of carbonyl (C=O) groups excluding carboxylic acids is 1. The molecule has 35 heavy (non-hydrogen) atoms. The Morgan fingerprint density at radius 3 is 0.914 bits per heavy atom. The molecule has 0 heterocycles. The molecule has 0 saturated carbocycles. The lowest BCUT2D eigenvalue weighted by Gasteiger charge is -2.33. The highest BCUT2D eigenvalue weighted by Gasteiger charge is 2.16. The Bertz CT molecular complexity index is 1040. The van der Waals surface area contributed by atoms with E-state index in [0.29, 0.717) is 6.67 Å². The highest BCUT2D eigenvalue weighted by atomic mass is 16.1. The van der Waals surface area contributed by atoms with Crippen molar-refractivity contribution in [3.63, 3.8) is 0 Å². The van der Waals surface area contributed by atoms with E-state index in [-0.39, 0.29) is 5.78 Å². The number of rotatable bonds is 7. The van der Waals surface area contributed by atoms with Gasteiger partial charge in [0.2, 0.25) is 0 Å². The fourth-order valence-electron chi connectivity index (χ4n) is 3.55. The van der Waals surface area contributed by atoms with Gasteiger partial charge in [0.15, 0.2) is 5.78 Å². The number of benzene rings is 4. The van der Waals surface area contributed by atoms with E-state index in [1.54, 1.807) is 6.92 Å². The fraction of sp³-hybridized carbons (Fsp3) is 0.156. The topological polar surface area (TPSA) is 23.6 Å². The molecule has 0 radical (unpaired) electrons. The van der Waals surface area contributed by atoms with Crippen molar-refractivity contribution < 1.29 is 4.79 Å². The Balaban J connectivity index is 0.000000371. The van der Waals surface area contributed by atoms with Crippen LogP contribution in [0.5, 0.6) is 0 Å². The smallest absolute Gasteiger partial charge is 0.155 e. The first-order chi connectivity index (χ1) is 17.0. The summed E-state index contributed by atoms with van der Waals surface area (Å²) in [7, 11) is 0. The zero-order chi connectivity index (χ0) is 25.0. The summed E-state index contributed by atoms with van der Waals surface area (Å²) in [5.41, 5.74) is 6.66. The lowest BCUT2D eigenvalue weighted by atomic mass is 10.1. The van der Waals surface area contributed by atoms with E-state index in [1.807, 2.05) is 20.8 Å². The highest BCUT2D eigenvalue weighted by molar-refractivity contribution is 5.93. The zero-order valence-corrected chi connectivity index (χ0v) is 21.1. The van der Waals surface area contributed by atoms with Gasteiger partial charge < -0.3 is 9.80 Å². The predicted octanol–water partition coefficient (Wildman–Crippen LogP) is 8.55. The quantitative estimate of drug-likeness (QED) is 0.203. The van der Waals surface area contributed by atoms with E-state index >= 15 is 0 Å². The largest absolute Gasteiger partial charge is 0.323 e. The molecule has 3 nitrogen and oxygen atoms in total. The van der Waals surface area contributed by atoms with Crippen LogP contribution < -0.4 is 9.80 Å². The summed E-state index contributed by atoms with van der Waals surface area (Å²) >= 11 is 0. The summed E-state index contributed by atoms with van der Waals surface area (Å²) in [5.74, 6) is 0.171. The molecule has 0 aromatic heterocycles. The summed E-state index contributed by atoms with van der Waals surface area (Å²) < 4.78 is 0. The van der Waals surface area contributed by atoms with Crippen LogP contribution in [0, 0.1) is 0 Å². The first kappa shape index (κ1) is 25.5. The van der Waals surface area contributed by atoms with Gasteiger partial charge in [0, 0.05) is 22.7 Å². The second-order valence-corrected chi connectivity index (χ2v) is 8.52. The number of carbonyl (C=O) groups is 1. The standard InChI is InChI=1S/C25H22N2.C7H12O/c1-5-13-22(14-6-1)26(23-15-7-2-8-16-23)21-27(24-17-9-3-10-18-24)25-19-11-4-12-20-25;1-5(2)6(3)7(4)8/h1-20H,21H2;1-4H3. The van der Waals surface area contributed by atoms with Crippen LogP contribution in [-0.2, 0) is 4.79 Å². The molecular weight excluding hydrogens is 428 g/mol. The van der Waals surface area contributed by atoms with Crippen LogP contribution in [0.1, 0.15) is 27.7 Å². The Morgan fingerprint density at radius 2 is 0.743 bits per heavy atom. The van der Waals surface area contributed by atoms with Gasteiger partial charge >= 0.3 is 0 Å². The third-order valence-corrected chi connectivity index (χ3v) is 5.83. The lowest BCUT2D eigenvalue weighted by Crippen LogP contribution is -2.32. The van der Waals surface area contributed by atoms with Crippen molar-refractivity contribution >= 4 is 28.5 Å². The number of hydrogen-bond donors (Lipinski definition) is 0. The minimum absolute atomic E-state index is 0.171. The minimum atomic E-state index is 0.171. The molecule has 0 spiro atoms. The number of hydrogen-bond acceptors (Lipinski definition) is 3. The number of Topliss-reactive ketones (excluding diaryl/α,β-unsaturated/α-hetero) is 1. The van der Waals surface area contributed by atoms with Gasteiger partial charge in [0.1, 0.15) is 0 Å². The van der Waals surface area contributed by atoms with Crippen molar-refractivity contribution in [2.45, 2.75) is 27.7 Å². The normalized spacial score (nSPS) is 9.94. The van der Waals surface area contributed by atoms with Crippen LogP contribution in [0.4, 0.5) is 22.7 Å². The summed E-state index contributed by atoms with van der Waals surface area (Å²) in [6, 6.07) is 42.1. The third-order valence-electron chi connectivity index (χ3n) is 5.83. The maximum Gasteiger partial charge on any atom is 0.155 e. The molecule has 4 aromatic rings. The molecule has 0 amide bonds. The first-order valence-electron chi connectivity index (χ1n) is 11.9. The van der Waals surface area contributed by atoms with Gasteiger partial charge in [-0.05, 0) is 81.8 Å². The minimum Gasteiger partial charge on any atom is -0.323 e. The molecule has 0 N–H and O–H groups in total. The van der Waals surface area contributed by atoms with Crippen molar-refractivity contribution in [1.29, 1.82) is 0 Å². The van der Waals surface area contributed by atoms with E-state index in [2.05, 4.69) is 131 Å². The summed E-state index contributed by atoms with van der Waals surface area (Å²) in [6.07, 6.45) is 0. The molecule has 0 saturated heterocycles. The van der Waals surface area contributed by atoms with Crippen molar-refractivity contribution in [2.24, 2.45) is 0 Å². The molecular formula is C32H34N2O. The van der Waals surface area contributed by atoms with Gasteiger partial charge in [-0.1, -0.05) is 78.4 Å². The van der Waals surface area contributed by atoms with Gasteiger partial charge in [0.25, 0.3) is 0 Å². The molecule has 3 heteroatoms. The predicted molar refractivity (Wildman–Crippen MR) is 150 cm³/mol. The van der Waals surface area contributed by atoms with Crippen LogP contribution in [0.2, 0.25) is 0 Å². The van der Waals surface area contributed by atoms with E-state index in [0.717, 1.165) is 11.1 Å². The van der Waals surface area contributed by atoms with Gasteiger partial charge in [-0.3, -0.25) is 4.79 Å². The molecule has 0 bridgehead atoms. The van der Waals surface area contributed by atoms with Crippen LogP contribution in [0.15, 0.2) is 132 Å². The van der Waals surface area contributed by atoms with Crippen molar-refractivity contribution in [3.8, 4) is 0 Å². The highest BCUT2D eigenvalue weighted by Crippen LogP contribution is 2.31. The third kappa shape index (κ3) is 7.44. The Morgan fingerprint density at radius 1 is 0.486 bits per heavy atom. The molecule has 178 valence electrons. The van der Waals surface area contributed by atoms with Crippen molar-refractivity contribution in [2.75, 3.05) is 16.5 Å². The molecule has 0 atom stereocenters. The average Bonchev–Trinajstić information content (AvgIpc) is 2.91. The van der Waals surface area contributed by atoms with E-state index < -0.39 is 0 Å². The van der Waals surface area contributed by atoms with Crippen LogP contribution in [0.25, 0.3) is 0 Å². The Labute approximate surface area is 210 Å². The molecule has 0 unspecified atom stereocenters. The van der Waals surface area contributed by atoms with Gasteiger partial charge in [0.05, 0.1) is 6.67 Å². The van der Waals surface area contributed by atoms with Crippen LogP contribution in [-0.4, -0.2) is 12.5 Å². The number of nitrogens with zero attached hydrogens (tertiary/aromatic N) is 2. The maximum absolute atomic E-state index is 10.5. The van der Waals surface area contributed by atoms with Gasteiger partial charge in [-0.25, -0.2) is 0 Å². The summed E-state index contributed by atoms with van der Waals surface area (Å²) in [4.78, 5) is 15.2. The molecule has 0 aliphatic rings. The Hall–Kier alpha value is -4.11. The molecule has 0 aliphatic carbocycles. The molecule has 0 fully saturated rings. The van der Waals surface area contributed by atoms with Crippen LogP contribution >= 0.6 is 0 Å². The van der Waals surface area contributed by atoms with Gasteiger partial charge in [-0.15, -0.1) is 0 Å². The number of para-hydroxylation sites is 4. The zero-order valence-electron chi connectivity index (χ0n) is 21.1. The SMILES string of the molecule is CC(=O)C(C)=C(C)C.c1ccc(N(CN(c2ccccc2)c2ccccc2)c2ccccc2)cc1. The monoisotopic (exact) mass is 462 g/mol. The van der Waals surface area contributed by atoms with E-state index in [9.17, 15) is 4.79 Å².